The lowest BCUT2D eigenvalue weighted by molar-refractivity contribution is 0.858. The third-order valence-corrected chi connectivity index (χ3v) is 3.90. The minimum absolute atomic E-state index is 0.999. The van der Waals surface area contributed by atoms with Crippen LogP contribution < -0.4 is 4.90 Å². The largest absolute Gasteiger partial charge is 0.335 e. The topological polar surface area (TPSA) is 3.24 Å². The minimum Gasteiger partial charge on any atom is -0.335 e. The van der Waals surface area contributed by atoms with Gasteiger partial charge in [0.25, 0.3) is 0 Å². The zero-order valence-electron chi connectivity index (χ0n) is 13.9. The first-order valence-corrected chi connectivity index (χ1v) is 7.84. The van der Waals surface area contributed by atoms with Crippen LogP contribution in [-0.2, 0) is 6.42 Å². The van der Waals surface area contributed by atoms with E-state index in [0.717, 1.165) is 25.1 Å². The second-order valence-electron chi connectivity index (χ2n) is 5.77. The number of hydrogen-bond acceptors (Lipinski definition) is 1. The Morgan fingerprint density at radius 2 is 1.76 bits per heavy atom. The normalized spacial score (nSPS) is 13.7. The summed E-state index contributed by atoms with van der Waals surface area (Å²) in [6.45, 7) is 11.8. The fourth-order valence-electron chi connectivity index (χ4n) is 2.56. The van der Waals surface area contributed by atoms with Crippen molar-refractivity contribution in [1.29, 1.82) is 0 Å². The molecular formula is C20H25N. The molecule has 1 nitrogen and oxygen atoms in total. The molecule has 2 rings (SSSR count). The van der Waals surface area contributed by atoms with Crippen LogP contribution in [0.1, 0.15) is 45.2 Å². The van der Waals surface area contributed by atoms with E-state index in [1.54, 1.807) is 0 Å². The first-order valence-electron chi connectivity index (χ1n) is 7.84. The van der Waals surface area contributed by atoms with Crippen LogP contribution >= 0.6 is 0 Å². The van der Waals surface area contributed by atoms with Crippen LogP contribution in [0.3, 0.4) is 0 Å². The van der Waals surface area contributed by atoms with Crippen molar-refractivity contribution in [3.63, 3.8) is 0 Å². The summed E-state index contributed by atoms with van der Waals surface area (Å²) in [6, 6.07) is 6.83. The van der Waals surface area contributed by atoms with E-state index in [2.05, 4.69) is 75.3 Å². The van der Waals surface area contributed by atoms with Gasteiger partial charge in [-0.25, -0.2) is 0 Å². The molecule has 0 radical (unpaired) electrons. The maximum atomic E-state index is 3.32. The third-order valence-electron chi connectivity index (χ3n) is 3.90. The zero-order chi connectivity index (χ0) is 15.4. The van der Waals surface area contributed by atoms with Gasteiger partial charge >= 0.3 is 0 Å². The van der Waals surface area contributed by atoms with Crippen LogP contribution in [0.25, 0.3) is 0 Å². The van der Waals surface area contributed by atoms with E-state index in [1.807, 2.05) is 0 Å². The molecule has 1 heteroatoms. The van der Waals surface area contributed by atoms with Gasteiger partial charge < -0.3 is 4.90 Å². The van der Waals surface area contributed by atoms with Crippen LogP contribution in [0, 0.1) is 6.92 Å². The molecule has 0 heterocycles. The predicted octanol–water partition coefficient (Wildman–Crippen LogP) is 5.32. The van der Waals surface area contributed by atoms with Crippen molar-refractivity contribution in [2.45, 2.75) is 47.5 Å². The van der Waals surface area contributed by atoms with Crippen LogP contribution in [-0.4, -0.2) is 6.54 Å². The van der Waals surface area contributed by atoms with Crippen molar-refractivity contribution >= 4 is 5.69 Å². The maximum Gasteiger partial charge on any atom is 0.0930 e. The second kappa shape index (κ2) is 6.68. The van der Waals surface area contributed by atoms with Gasteiger partial charge in [0.15, 0.2) is 0 Å². The number of nitrogens with zero attached hydrogens (tertiary/aromatic N) is 1. The van der Waals surface area contributed by atoms with Crippen molar-refractivity contribution in [3.8, 4) is 0 Å². The molecule has 0 saturated carbocycles. The highest BCUT2D eigenvalue weighted by atomic mass is 15.1. The summed E-state index contributed by atoms with van der Waals surface area (Å²) in [5.74, 6) is 0. The highest BCUT2D eigenvalue weighted by molar-refractivity contribution is 5.59. The molecule has 0 spiro atoms. The Bertz CT molecular complexity index is 663. The number of anilines is 1. The van der Waals surface area contributed by atoms with Crippen molar-refractivity contribution < 1.29 is 0 Å². The Morgan fingerprint density at radius 1 is 1.00 bits per heavy atom. The van der Waals surface area contributed by atoms with E-state index in [0.29, 0.717) is 0 Å². The molecule has 0 atom stereocenters. The lowest BCUT2D eigenvalue weighted by Crippen LogP contribution is -2.23. The minimum atomic E-state index is 0.999. The molecule has 1 aliphatic rings. The highest BCUT2D eigenvalue weighted by Crippen LogP contribution is 2.26. The van der Waals surface area contributed by atoms with Crippen molar-refractivity contribution in [2.75, 3.05) is 11.4 Å². The van der Waals surface area contributed by atoms with Crippen molar-refractivity contribution in [3.05, 3.63) is 63.7 Å². The molecule has 0 unspecified atom stereocenters. The summed E-state index contributed by atoms with van der Waals surface area (Å²) in [6.07, 6.45) is 4.39. The number of aryl methyl sites for hydroxylation is 2. The molecule has 0 fully saturated rings. The SMILES string of the molecule is CCCN(C1=C=C=C(C)C(C)=C1)c1cc(C)cc(CC)c1. The van der Waals surface area contributed by atoms with Gasteiger partial charge in [-0.15, -0.1) is 0 Å². The van der Waals surface area contributed by atoms with E-state index in [4.69, 9.17) is 0 Å². The summed E-state index contributed by atoms with van der Waals surface area (Å²) in [5, 5.41) is 0. The Labute approximate surface area is 129 Å². The van der Waals surface area contributed by atoms with Gasteiger partial charge in [-0.2, -0.15) is 0 Å². The van der Waals surface area contributed by atoms with Gasteiger partial charge in [0, 0.05) is 17.8 Å². The number of rotatable bonds is 5. The number of allylic oxidation sites excluding steroid dienone is 3. The van der Waals surface area contributed by atoms with Gasteiger partial charge in [0.2, 0.25) is 0 Å². The average molecular weight is 279 g/mol. The van der Waals surface area contributed by atoms with Gasteiger partial charge in [-0.05, 0) is 74.3 Å². The molecule has 0 saturated heterocycles. The lowest BCUT2D eigenvalue weighted by atomic mass is 10.0. The van der Waals surface area contributed by atoms with E-state index in [-0.39, 0.29) is 0 Å². The van der Waals surface area contributed by atoms with Gasteiger partial charge in [-0.3, -0.25) is 0 Å². The Morgan fingerprint density at radius 3 is 2.38 bits per heavy atom. The average Bonchev–Trinajstić information content (AvgIpc) is 2.47. The quantitative estimate of drug-likeness (QED) is 0.659. The number of benzene rings is 1. The molecule has 110 valence electrons. The fourth-order valence-corrected chi connectivity index (χ4v) is 2.56. The van der Waals surface area contributed by atoms with Gasteiger partial charge in [0.05, 0.1) is 5.70 Å². The Hall–Kier alpha value is -1.94. The number of hydrogen-bond donors (Lipinski definition) is 0. The van der Waals surface area contributed by atoms with Crippen molar-refractivity contribution in [1.82, 2.24) is 0 Å². The van der Waals surface area contributed by atoms with Gasteiger partial charge in [0.1, 0.15) is 0 Å². The van der Waals surface area contributed by atoms with Crippen LogP contribution in [0.15, 0.2) is 52.6 Å². The zero-order valence-corrected chi connectivity index (χ0v) is 13.9. The lowest BCUT2D eigenvalue weighted by Gasteiger charge is -2.26. The molecule has 1 aromatic carbocycles. The molecule has 1 aliphatic carbocycles. The molecule has 0 aromatic heterocycles. The van der Waals surface area contributed by atoms with Crippen LogP contribution in [0.2, 0.25) is 0 Å². The predicted molar refractivity (Wildman–Crippen MR) is 91.7 cm³/mol. The van der Waals surface area contributed by atoms with E-state index in [1.165, 1.54) is 28.0 Å². The fraction of sp³-hybridized carbons (Fsp3) is 0.400. The van der Waals surface area contributed by atoms with Crippen molar-refractivity contribution in [2.24, 2.45) is 0 Å². The highest BCUT2D eigenvalue weighted by Gasteiger charge is 2.13. The summed E-state index contributed by atoms with van der Waals surface area (Å²) in [4.78, 5) is 2.36. The Kier molecular flexibility index (Phi) is 4.91. The smallest absolute Gasteiger partial charge is 0.0930 e. The molecular weight excluding hydrogens is 254 g/mol. The molecule has 21 heavy (non-hydrogen) atoms. The Balaban J connectivity index is 2.50. The summed E-state index contributed by atoms with van der Waals surface area (Å²) in [7, 11) is 0. The first-order chi connectivity index (χ1) is 10.0. The van der Waals surface area contributed by atoms with Gasteiger partial charge in [-0.1, -0.05) is 25.6 Å². The summed E-state index contributed by atoms with van der Waals surface area (Å²) >= 11 is 0. The van der Waals surface area contributed by atoms with E-state index < -0.39 is 0 Å². The third kappa shape index (κ3) is 3.58. The molecule has 1 aromatic rings. The second-order valence-corrected chi connectivity index (χ2v) is 5.77. The first kappa shape index (κ1) is 15.4. The maximum absolute atomic E-state index is 3.32. The summed E-state index contributed by atoms with van der Waals surface area (Å²) < 4.78 is 0. The van der Waals surface area contributed by atoms with E-state index >= 15 is 0 Å². The van der Waals surface area contributed by atoms with Crippen LogP contribution in [0.4, 0.5) is 5.69 Å². The standard InChI is InChI=1S/C20H25N/c1-6-10-21(19-9-8-16(4)17(5)13-19)20-12-15(3)11-18(7-2)14-20/h11-14H,6-7,10H2,1-5H3. The monoisotopic (exact) mass is 279 g/mol. The van der Waals surface area contributed by atoms with E-state index in [9.17, 15) is 0 Å². The molecule has 0 amide bonds. The summed E-state index contributed by atoms with van der Waals surface area (Å²) in [5.41, 5.74) is 14.1. The molecule has 0 bridgehead atoms. The molecule has 0 N–H and O–H groups in total. The molecule has 0 aliphatic heterocycles. The van der Waals surface area contributed by atoms with Crippen LogP contribution in [0.5, 0.6) is 0 Å².